The average Bonchev–Trinajstić information content (AvgIpc) is 2.91. The Morgan fingerprint density at radius 3 is 0.940 bits per heavy atom. The van der Waals surface area contributed by atoms with Gasteiger partial charge < -0.3 is 16.0 Å². The molecule has 50 heavy (non-hydrogen) atoms. The van der Waals surface area contributed by atoms with Gasteiger partial charge in [-0.1, -0.05) is 0 Å². The van der Waals surface area contributed by atoms with Crippen molar-refractivity contribution in [1.29, 1.82) is 0 Å². The topological polar surface area (TPSA) is 167 Å². The molecule has 5 rings (SSSR count). The lowest BCUT2D eigenvalue weighted by Gasteiger charge is -2.62. The molecule has 1 spiro atoms. The maximum absolute atomic E-state index is 14.2. The molecule has 0 saturated carbocycles. The second-order valence-electron chi connectivity index (χ2n) is 20.5. The molecule has 1 aromatic rings. The van der Waals surface area contributed by atoms with Crippen molar-refractivity contribution in [3.8, 4) is 0 Å². The normalized spacial score (nSPS) is 31.0. The Hall–Kier alpha value is -1.91. The van der Waals surface area contributed by atoms with Gasteiger partial charge in [0.05, 0.1) is 5.54 Å². The van der Waals surface area contributed by atoms with E-state index in [9.17, 15) is 20.8 Å². The third kappa shape index (κ3) is 7.46. The Kier molecular flexibility index (Phi) is 9.69. The Balaban J connectivity index is 1.48. The predicted octanol–water partition coefficient (Wildman–Crippen LogP) is 6.17. The number of nitrogens with zero attached hydrogens (tertiary/aromatic N) is 7. The molecule has 0 bridgehead atoms. The van der Waals surface area contributed by atoms with Gasteiger partial charge in [0.2, 0.25) is 17.8 Å². The highest BCUT2D eigenvalue weighted by molar-refractivity contribution is 5.44. The minimum Gasteiger partial charge on any atom is -0.351 e. The molecular weight excluding hydrogens is 636 g/mol. The summed E-state index contributed by atoms with van der Waals surface area (Å²) in [5, 5.41) is 69.3. The molecule has 282 valence electrons. The second-order valence-corrected chi connectivity index (χ2v) is 20.5. The molecule has 0 amide bonds. The first kappa shape index (κ1) is 39.3. The van der Waals surface area contributed by atoms with Crippen LogP contribution in [0.5, 0.6) is 0 Å². The number of anilines is 3. The molecule has 14 heteroatoms. The third-order valence-electron chi connectivity index (χ3n) is 11.8. The van der Waals surface area contributed by atoms with E-state index in [0.717, 1.165) is 0 Å². The van der Waals surface area contributed by atoms with Crippen LogP contribution in [0.4, 0.5) is 17.8 Å². The molecule has 1 unspecified atom stereocenters. The number of nitrogens with one attached hydrogen (secondary N) is 3. The van der Waals surface area contributed by atoms with Crippen molar-refractivity contribution in [2.24, 2.45) is 0 Å². The van der Waals surface area contributed by atoms with Crippen LogP contribution in [-0.4, -0.2) is 97.6 Å². The van der Waals surface area contributed by atoms with Crippen molar-refractivity contribution in [2.45, 2.75) is 211 Å². The average molecular weight is 701 g/mol. The molecule has 4 radical (unpaired) electrons. The first-order valence-corrected chi connectivity index (χ1v) is 18.5. The highest BCUT2D eigenvalue weighted by atomic mass is 16.5. The zero-order valence-corrected chi connectivity index (χ0v) is 33.2. The van der Waals surface area contributed by atoms with E-state index >= 15 is 0 Å². The number of aromatic nitrogens is 3. The van der Waals surface area contributed by atoms with Gasteiger partial charge in [-0.25, -0.2) is 0 Å². The zero-order chi connectivity index (χ0) is 37.7. The van der Waals surface area contributed by atoms with Gasteiger partial charge >= 0.3 is 0 Å². The quantitative estimate of drug-likeness (QED) is 0.312. The monoisotopic (exact) mass is 701 g/mol. The van der Waals surface area contributed by atoms with Crippen LogP contribution in [0.3, 0.4) is 0 Å². The summed E-state index contributed by atoms with van der Waals surface area (Å²) in [6.45, 7) is 27.4. The Labute approximate surface area is 300 Å². The van der Waals surface area contributed by atoms with Gasteiger partial charge in [-0.2, -0.15) is 15.0 Å². The highest BCUT2D eigenvalue weighted by Crippen LogP contribution is 2.52. The second kappa shape index (κ2) is 12.3. The van der Waals surface area contributed by atoms with Crippen molar-refractivity contribution in [1.82, 2.24) is 35.2 Å². The molecule has 14 nitrogen and oxygen atoms in total. The number of hydroxylamine groups is 8. The largest absolute Gasteiger partial charge is 0.351 e. The van der Waals surface area contributed by atoms with E-state index in [1.165, 1.54) is 20.3 Å². The number of hydrogen-bond acceptors (Lipinski definition) is 10. The molecule has 5 heterocycles. The minimum atomic E-state index is -0.755. The summed E-state index contributed by atoms with van der Waals surface area (Å²) in [6.07, 6.45) is 4.44. The van der Waals surface area contributed by atoms with Crippen molar-refractivity contribution < 1.29 is 20.8 Å². The molecular formula is C36H64N10O4. The minimum absolute atomic E-state index is 0.0532. The van der Waals surface area contributed by atoms with E-state index in [1.807, 2.05) is 96.9 Å². The molecule has 3 N–H and O–H groups in total. The van der Waals surface area contributed by atoms with Crippen LogP contribution >= 0.6 is 0 Å². The lowest BCUT2D eigenvalue weighted by Crippen LogP contribution is -2.72. The van der Waals surface area contributed by atoms with Gasteiger partial charge in [0.15, 0.2) is 0 Å². The predicted molar refractivity (Wildman–Crippen MR) is 190 cm³/mol. The summed E-state index contributed by atoms with van der Waals surface area (Å²) in [5.74, 6) is 1.19. The number of hydrogen-bond donors (Lipinski definition) is 3. The summed E-state index contributed by atoms with van der Waals surface area (Å²) in [4.78, 5) is 14.6. The van der Waals surface area contributed by atoms with E-state index in [1.54, 1.807) is 0 Å². The van der Waals surface area contributed by atoms with Gasteiger partial charge in [-0.3, -0.25) is 0 Å². The fourth-order valence-corrected chi connectivity index (χ4v) is 10.8. The summed E-state index contributed by atoms with van der Waals surface area (Å²) in [5.41, 5.74) is -5.20. The van der Waals surface area contributed by atoms with Gasteiger partial charge in [0, 0.05) is 56.9 Å². The lowest BCUT2D eigenvalue weighted by molar-refractivity contribution is -0.360. The summed E-state index contributed by atoms with van der Waals surface area (Å²) >= 11 is 0. The first-order valence-electron chi connectivity index (χ1n) is 18.5. The lowest BCUT2D eigenvalue weighted by atomic mass is 9.63. The number of rotatable bonds is 6. The van der Waals surface area contributed by atoms with Crippen LogP contribution in [0, 0.1) is 0 Å². The van der Waals surface area contributed by atoms with Crippen LogP contribution < -0.4 is 16.0 Å². The fourth-order valence-electron chi connectivity index (χ4n) is 10.8. The molecule has 4 aliphatic heterocycles. The van der Waals surface area contributed by atoms with Crippen molar-refractivity contribution >= 4 is 17.8 Å². The van der Waals surface area contributed by atoms with Crippen LogP contribution in [0.1, 0.15) is 148 Å². The van der Waals surface area contributed by atoms with Crippen molar-refractivity contribution in [3.63, 3.8) is 0 Å². The highest BCUT2D eigenvalue weighted by Gasteiger charge is 2.61. The van der Waals surface area contributed by atoms with Crippen LogP contribution in [0.15, 0.2) is 0 Å². The Morgan fingerprint density at radius 2 is 0.640 bits per heavy atom. The Bertz CT molecular complexity index is 1300. The molecule has 4 fully saturated rings. The maximum Gasteiger partial charge on any atom is 0.229 e. The van der Waals surface area contributed by atoms with Crippen LogP contribution in [0.2, 0.25) is 0 Å². The van der Waals surface area contributed by atoms with E-state index in [-0.39, 0.29) is 18.1 Å². The van der Waals surface area contributed by atoms with Gasteiger partial charge in [-0.15, -0.1) is 41.1 Å². The van der Waals surface area contributed by atoms with Crippen LogP contribution in [0.25, 0.3) is 0 Å². The molecule has 0 aliphatic carbocycles. The van der Waals surface area contributed by atoms with Gasteiger partial charge in [0.25, 0.3) is 0 Å². The van der Waals surface area contributed by atoms with E-state index in [0.29, 0.717) is 69.2 Å². The molecule has 1 atom stereocenters. The van der Waals surface area contributed by atoms with E-state index < -0.39 is 44.3 Å². The van der Waals surface area contributed by atoms with E-state index in [4.69, 9.17) is 15.0 Å². The van der Waals surface area contributed by atoms with Gasteiger partial charge in [-0.05, 0) is 148 Å². The smallest absolute Gasteiger partial charge is 0.229 e. The fraction of sp³-hybridized carbons (Fsp3) is 0.917. The maximum atomic E-state index is 14.2. The van der Waals surface area contributed by atoms with E-state index in [2.05, 4.69) is 16.0 Å². The SMILES string of the molecule is CC1(C)CC(Nc2nc(NC3CC(C)(C)N([O])C(C)(C)C3)nc(NC3CC(C)(C)N([O])C4(C3)CC(C)(C)N([O])C(C)(C)C4)n2)CC(C)(C)N1[O]. The summed E-state index contributed by atoms with van der Waals surface area (Å²) in [6, 6.07) is -0.253. The molecule has 4 aliphatic rings. The van der Waals surface area contributed by atoms with Crippen LogP contribution in [-0.2, 0) is 20.8 Å². The van der Waals surface area contributed by atoms with Gasteiger partial charge in [0.1, 0.15) is 0 Å². The Morgan fingerprint density at radius 1 is 0.400 bits per heavy atom. The summed E-state index contributed by atoms with van der Waals surface area (Å²) in [7, 11) is 0. The number of piperidine rings is 4. The zero-order valence-electron chi connectivity index (χ0n) is 33.2. The standard InChI is InChI=1S/C36H64N10O4/c1-29(2)15-23(16-30(3,4)43(29)47)37-26-40-27(38-24-17-31(5,6)44(48)32(7,8)18-24)42-28(41-26)39-25-19-33(9,10)46(50)36(20-25)21-34(11,12)45(49)35(13,14)22-36/h23-25H,15-22H2,1-14H3,(H3,37,38,39,40,41,42). The van der Waals surface area contributed by atoms with Crippen molar-refractivity contribution in [3.05, 3.63) is 0 Å². The third-order valence-corrected chi connectivity index (χ3v) is 11.8. The molecule has 1 aromatic heterocycles. The van der Waals surface area contributed by atoms with Crippen molar-refractivity contribution in [2.75, 3.05) is 16.0 Å². The molecule has 0 aromatic carbocycles. The first-order chi connectivity index (χ1) is 22.5. The molecule has 4 saturated heterocycles. The summed E-state index contributed by atoms with van der Waals surface area (Å²) < 4.78 is 0.